The number of aromatic nitrogens is 2. The Kier molecular flexibility index (Phi) is 2.68. The molecule has 0 aliphatic carbocycles. The fourth-order valence-corrected chi connectivity index (χ4v) is 1.74. The molecule has 2 heterocycles. The highest BCUT2D eigenvalue weighted by molar-refractivity contribution is 5.82. The largest absolute Gasteiger partial charge is 0.475 e. The molecule has 0 saturated carbocycles. The van der Waals surface area contributed by atoms with Crippen molar-refractivity contribution in [3.8, 4) is 0 Å². The molecule has 1 N–H and O–H groups in total. The molecule has 0 aromatic carbocycles. The SMILES string of the molecule is CN1CCC(c2nc(C(=O)O)no2)CC1. The van der Waals surface area contributed by atoms with Gasteiger partial charge in [-0.3, -0.25) is 0 Å². The van der Waals surface area contributed by atoms with Crippen LogP contribution in [-0.2, 0) is 0 Å². The normalized spacial score (nSPS) is 19.3. The van der Waals surface area contributed by atoms with Gasteiger partial charge < -0.3 is 14.5 Å². The number of carboxylic acids is 1. The van der Waals surface area contributed by atoms with Crippen molar-refractivity contribution < 1.29 is 14.4 Å². The lowest BCUT2D eigenvalue weighted by Crippen LogP contribution is -2.29. The van der Waals surface area contributed by atoms with Crippen LogP contribution in [0.15, 0.2) is 4.52 Å². The minimum Gasteiger partial charge on any atom is -0.475 e. The Morgan fingerprint density at radius 2 is 2.20 bits per heavy atom. The van der Waals surface area contributed by atoms with Gasteiger partial charge in [-0.2, -0.15) is 4.98 Å². The van der Waals surface area contributed by atoms with Crippen molar-refractivity contribution in [1.29, 1.82) is 0 Å². The third-order valence-corrected chi connectivity index (χ3v) is 2.70. The first-order chi connectivity index (χ1) is 7.16. The van der Waals surface area contributed by atoms with Gasteiger partial charge in [-0.05, 0) is 38.1 Å². The van der Waals surface area contributed by atoms with Gasteiger partial charge in [-0.1, -0.05) is 0 Å². The molecule has 15 heavy (non-hydrogen) atoms. The molecule has 0 unspecified atom stereocenters. The molecule has 1 saturated heterocycles. The number of carboxylic acid groups (broad SMARTS) is 1. The highest BCUT2D eigenvalue weighted by atomic mass is 16.5. The van der Waals surface area contributed by atoms with Gasteiger partial charge in [0, 0.05) is 5.92 Å². The molecule has 1 aliphatic rings. The van der Waals surface area contributed by atoms with E-state index >= 15 is 0 Å². The molecule has 1 aromatic heterocycles. The minimum absolute atomic E-state index is 0.210. The predicted molar refractivity (Wildman–Crippen MR) is 50.7 cm³/mol. The third kappa shape index (κ3) is 2.15. The number of hydrogen-bond donors (Lipinski definition) is 1. The summed E-state index contributed by atoms with van der Waals surface area (Å²) in [6.07, 6.45) is 1.88. The van der Waals surface area contributed by atoms with E-state index in [2.05, 4.69) is 22.1 Å². The summed E-state index contributed by atoms with van der Waals surface area (Å²) in [6, 6.07) is 0. The number of rotatable bonds is 2. The molecule has 0 radical (unpaired) electrons. The smallest absolute Gasteiger partial charge is 0.377 e. The van der Waals surface area contributed by atoms with Crippen LogP contribution in [0, 0.1) is 0 Å². The fraction of sp³-hybridized carbons (Fsp3) is 0.667. The van der Waals surface area contributed by atoms with Crippen LogP contribution in [0.4, 0.5) is 0 Å². The van der Waals surface area contributed by atoms with Crippen molar-refractivity contribution in [2.45, 2.75) is 18.8 Å². The zero-order valence-electron chi connectivity index (χ0n) is 8.51. The molecule has 2 rings (SSSR count). The van der Waals surface area contributed by atoms with Gasteiger partial charge in [0.15, 0.2) is 0 Å². The summed E-state index contributed by atoms with van der Waals surface area (Å²) >= 11 is 0. The number of carbonyl (C=O) groups is 1. The summed E-state index contributed by atoms with van der Waals surface area (Å²) in [5.74, 6) is -0.718. The maximum Gasteiger partial charge on any atom is 0.377 e. The third-order valence-electron chi connectivity index (χ3n) is 2.70. The van der Waals surface area contributed by atoms with E-state index in [0.29, 0.717) is 5.89 Å². The summed E-state index contributed by atoms with van der Waals surface area (Å²) in [5, 5.41) is 12.1. The van der Waals surface area contributed by atoms with Gasteiger partial charge >= 0.3 is 5.97 Å². The monoisotopic (exact) mass is 211 g/mol. The average molecular weight is 211 g/mol. The topological polar surface area (TPSA) is 79.5 Å². The zero-order valence-corrected chi connectivity index (χ0v) is 8.51. The molecule has 6 heteroatoms. The van der Waals surface area contributed by atoms with Gasteiger partial charge in [0.05, 0.1) is 0 Å². The van der Waals surface area contributed by atoms with Crippen molar-refractivity contribution in [2.75, 3.05) is 20.1 Å². The van der Waals surface area contributed by atoms with E-state index < -0.39 is 5.97 Å². The highest BCUT2D eigenvalue weighted by Crippen LogP contribution is 2.25. The maximum absolute atomic E-state index is 10.6. The Balaban J connectivity index is 2.06. The molecular weight excluding hydrogens is 198 g/mol. The van der Waals surface area contributed by atoms with Gasteiger partial charge in [-0.25, -0.2) is 4.79 Å². The number of aromatic carboxylic acids is 1. The van der Waals surface area contributed by atoms with Crippen LogP contribution in [0.5, 0.6) is 0 Å². The molecule has 0 bridgehead atoms. The van der Waals surface area contributed by atoms with E-state index in [-0.39, 0.29) is 11.7 Å². The van der Waals surface area contributed by atoms with Crippen LogP contribution in [0.2, 0.25) is 0 Å². The Hall–Kier alpha value is -1.43. The Morgan fingerprint density at radius 1 is 1.53 bits per heavy atom. The number of hydrogen-bond acceptors (Lipinski definition) is 5. The number of likely N-dealkylation sites (tertiary alicyclic amines) is 1. The quantitative estimate of drug-likeness (QED) is 0.770. The number of nitrogens with zero attached hydrogens (tertiary/aromatic N) is 3. The zero-order chi connectivity index (χ0) is 10.8. The molecule has 1 fully saturated rings. The van der Waals surface area contributed by atoms with E-state index in [0.717, 1.165) is 25.9 Å². The lowest BCUT2D eigenvalue weighted by Gasteiger charge is -2.26. The molecule has 6 nitrogen and oxygen atoms in total. The molecular formula is C9H13N3O3. The second kappa shape index (κ2) is 3.98. The molecule has 82 valence electrons. The first-order valence-electron chi connectivity index (χ1n) is 4.92. The van der Waals surface area contributed by atoms with Crippen LogP contribution < -0.4 is 0 Å². The van der Waals surface area contributed by atoms with Crippen LogP contribution in [0.1, 0.15) is 35.3 Å². The Morgan fingerprint density at radius 3 is 2.73 bits per heavy atom. The van der Waals surface area contributed by atoms with E-state index in [4.69, 9.17) is 9.63 Å². The fourth-order valence-electron chi connectivity index (χ4n) is 1.74. The van der Waals surface area contributed by atoms with E-state index in [1.165, 1.54) is 0 Å². The lowest BCUT2D eigenvalue weighted by molar-refractivity contribution is 0.0680. The minimum atomic E-state index is -1.14. The van der Waals surface area contributed by atoms with E-state index in [9.17, 15) is 4.79 Å². The van der Waals surface area contributed by atoms with E-state index in [1.807, 2.05) is 0 Å². The number of piperidine rings is 1. The van der Waals surface area contributed by atoms with Gasteiger partial charge in [0.25, 0.3) is 5.82 Å². The van der Waals surface area contributed by atoms with Crippen LogP contribution in [-0.4, -0.2) is 46.3 Å². The van der Waals surface area contributed by atoms with Crippen molar-refractivity contribution >= 4 is 5.97 Å². The Labute approximate surface area is 86.9 Å². The second-order valence-corrected chi connectivity index (χ2v) is 3.84. The molecule has 0 amide bonds. The van der Waals surface area contributed by atoms with Crippen molar-refractivity contribution in [3.63, 3.8) is 0 Å². The summed E-state index contributed by atoms with van der Waals surface area (Å²) in [5.41, 5.74) is 0. The van der Waals surface area contributed by atoms with Crippen molar-refractivity contribution in [2.24, 2.45) is 0 Å². The van der Waals surface area contributed by atoms with Gasteiger partial charge in [-0.15, -0.1) is 0 Å². The van der Waals surface area contributed by atoms with Crippen molar-refractivity contribution in [3.05, 3.63) is 11.7 Å². The molecule has 1 aliphatic heterocycles. The molecule has 0 spiro atoms. The Bertz CT molecular complexity index is 355. The van der Waals surface area contributed by atoms with Crippen LogP contribution in [0.3, 0.4) is 0 Å². The predicted octanol–water partition coefficient (Wildman–Crippen LogP) is 0.577. The average Bonchev–Trinajstić information content (AvgIpc) is 2.68. The molecule has 0 atom stereocenters. The van der Waals surface area contributed by atoms with Crippen molar-refractivity contribution in [1.82, 2.24) is 15.0 Å². The summed E-state index contributed by atoms with van der Waals surface area (Å²) in [7, 11) is 2.06. The van der Waals surface area contributed by atoms with Gasteiger partial charge in [0.1, 0.15) is 0 Å². The lowest BCUT2D eigenvalue weighted by atomic mass is 9.97. The second-order valence-electron chi connectivity index (χ2n) is 3.84. The summed E-state index contributed by atoms with van der Waals surface area (Å²) < 4.78 is 4.94. The first-order valence-corrected chi connectivity index (χ1v) is 4.92. The van der Waals surface area contributed by atoms with E-state index in [1.54, 1.807) is 0 Å². The standard InChI is InChI=1S/C9H13N3O3/c1-12-4-2-6(3-5-12)8-10-7(9(13)14)11-15-8/h6H,2-5H2,1H3,(H,13,14). The molecule has 1 aromatic rings. The first kappa shape index (κ1) is 10.1. The summed E-state index contributed by atoms with van der Waals surface area (Å²) in [6.45, 7) is 1.96. The summed E-state index contributed by atoms with van der Waals surface area (Å²) in [4.78, 5) is 16.6. The van der Waals surface area contributed by atoms with Gasteiger partial charge in [0.2, 0.25) is 5.89 Å². The van der Waals surface area contributed by atoms with Crippen LogP contribution >= 0.6 is 0 Å². The maximum atomic E-state index is 10.6. The van der Waals surface area contributed by atoms with Crippen LogP contribution in [0.25, 0.3) is 0 Å². The highest BCUT2D eigenvalue weighted by Gasteiger charge is 2.24.